The van der Waals surface area contributed by atoms with Crippen molar-refractivity contribution in [3.05, 3.63) is 11.1 Å². The number of halogens is 1. The van der Waals surface area contributed by atoms with E-state index in [-0.39, 0.29) is 11.3 Å². The van der Waals surface area contributed by atoms with E-state index >= 15 is 0 Å². The summed E-state index contributed by atoms with van der Waals surface area (Å²) in [4.78, 5) is 12.4. The van der Waals surface area contributed by atoms with Crippen LogP contribution in [0.2, 0.25) is 5.28 Å². The third-order valence-corrected chi connectivity index (χ3v) is 2.10. The molecule has 0 saturated carbocycles. The monoisotopic (exact) mass is 229 g/mol. The number of nitrogens with one attached hydrogen (secondary N) is 1. The van der Waals surface area contributed by atoms with Gasteiger partial charge in [-0.25, -0.2) is 10.4 Å². The lowest BCUT2D eigenvalue weighted by Crippen LogP contribution is -2.42. The minimum Gasteiger partial charge on any atom is -0.274 e. The number of anilines is 1. The van der Waals surface area contributed by atoms with Gasteiger partial charge in [-0.1, -0.05) is 6.92 Å². The molecule has 0 radical (unpaired) electrons. The predicted molar refractivity (Wildman–Crippen MR) is 60.9 cm³/mol. The van der Waals surface area contributed by atoms with Crippen molar-refractivity contribution < 1.29 is 0 Å². The Kier molecular flexibility index (Phi) is 4.23. The molecule has 0 bridgehead atoms. The maximum atomic E-state index is 5.82. The highest BCUT2D eigenvalue weighted by Gasteiger charge is 2.13. The van der Waals surface area contributed by atoms with Gasteiger partial charge in [0.15, 0.2) is 0 Å². The molecule has 0 aliphatic heterocycles. The standard InChI is InChI=1S/C9H16ClN5/c1-5-7-12-8(10)14-9(13-7)15(11-4)6(2)3/h6,11H,5H2,1-4H3. The average molecular weight is 230 g/mol. The van der Waals surface area contributed by atoms with Gasteiger partial charge in [0.2, 0.25) is 11.2 Å². The topological polar surface area (TPSA) is 53.9 Å². The van der Waals surface area contributed by atoms with Crippen LogP contribution in [-0.4, -0.2) is 28.0 Å². The second-order valence-electron chi connectivity index (χ2n) is 3.36. The summed E-state index contributed by atoms with van der Waals surface area (Å²) in [6.07, 6.45) is 0.741. The summed E-state index contributed by atoms with van der Waals surface area (Å²) < 4.78 is 0. The highest BCUT2D eigenvalue weighted by Crippen LogP contribution is 2.11. The number of hydrogen-bond acceptors (Lipinski definition) is 5. The van der Waals surface area contributed by atoms with Crippen LogP contribution in [0.3, 0.4) is 0 Å². The van der Waals surface area contributed by atoms with Crippen molar-refractivity contribution in [2.75, 3.05) is 12.1 Å². The maximum absolute atomic E-state index is 5.82. The van der Waals surface area contributed by atoms with Crippen LogP contribution >= 0.6 is 11.6 Å². The molecule has 84 valence electrons. The van der Waals surface area contributed by atoms with Crippen molar-refractivity contribution in [1.29, 1.82) is 0 Å². The van der Waals surface area contributed by atoms with Gasteiger partial charge < -0.3 is 0 Å². The van der Waals surface area contributed by atoms with Gasteiger partial charge in [-0.05, 0) is 25.4 Å². The van der Waals surface area contributed by atoms with E-state index in [0.717, 1.165) is 6.42 Å². The normalized spacial score (nSPS) is 10.8. The highest BCUT2D eigenvalue weighted by atomic mass is 35.5. The average Bonchev–Trinajstić information content (AvgIpc) is 2.17. The molecule has 0 aliphatic carbocycles. The van der Waals surface area contributed by atoms with Crippen molar-refractivity contribution >= 4 is 17.5 Å². The van der Waals surface area contributed by atoms with Crippen molar-refractivity contribution in [2.24, 2.45) is 0 Å². The summed E-state index contributed by atoms with van der Waals surface area (Å²) in [5.41, 5.74) is 3.02. The SMILES string of the molecule is CCc1nc(Cl)nc(N(NC)C(C)C)n1. The summed E-state index contributed by atoms with van der Waals surface area (Å²) in [5.74, 6) is 1.26. The van der Waals surface area contributed by atoms with Crippen LogP contribution in [0.25, 0.3) is 0 Å². The molecule has 0 aromatic carbocycles. The Balaban J connectivity index is 3.06. The molecule has 1 rings (SSSR count). The third-order valence-electron chi connectivity index (χ3n) is 1.93. The van der Waals surface area contributed by atoms with Crippen LogP contribution in [-0.2, 0) is 6.42 Å². The van der Waals surface area contributed by atoms with Gasteiger partial charge in [0.1, 0.15) is 5.82 Å². The molecule has 1 aromatic rings. The zero-order valence-corrected chi connectivity index (χ0v) is 10.2. The number of rotatable bonds is 4. The molecule has 0 amide bonds. The quantitative estimate of drug-likeness (QED) is 0.792. The number of hydrogen-bond donors (Lipinski definition) is 1. The number of aryl methyl sites for hydroxylation is 1. The lowest BCUT2D eigenvalue weighted by atomic mass is 10.4. The van der Waals surface area contributed by atoms with Gasteiger partial charge in [0.25, 0.3) is 0 Å². The van der Waals surface area contributed by atoms with E-state index in [2.05, 4.69) is 20.4 Å². The van der Waals surface area contributed by atoms with Crippen molar-refractivity contribution in [2.45, 2.75) is 33.2 Å². The lowest BCUT2D eigenvalue weighted by Gasteiger charge is -2.25. The molecule has 1 heterocycles. The van der Waals surface area contributed by atoms with Crippen LogP contribution in [0, 0.1) is 0 Å². The van der Waals surface area contributed by atoms with Crippen LogP contribution in [0.4, 0.5) is 5.95 Å². The summed E-state index contributed by atoms with van der Waals surface area (Å²) in [5, 5.41) is 2.07. The molecule has 0 fully saturated rings. The van der Waals surface area contributed by atoms with E-state index in [4.69, 9.17) is 11.6 Å². The largest absolute Gasteiger partial charge is 0.274 e. The molecule has 5 nitrogen and oxygen atoms in total. The van der Waals surface area contributed by atoms with E-state index in [9.17, 15) is 0 Å². The first kappa shape index (κ1) is 12.1. The number of hydrazine groups is 1. The molecular formula is C9H16ClN5. The minimum absolute atomic E-state index is 0.234. The van der Waals surface area contributed by atoms with Crippen LogP contribution in [0.5, 0.6) is 0 Å². The Morgan fingerprint density at radius 1 is 1.33 bits per heavy atom. The third kappa shape index (κ3) is 3.00. The van der Waals surface area contributed by atoms with Crippen molar-refractivity contribution in [3.8, 4) is 0 Å². The summed E-state index contributed by atoms with van der Waals surface area (Å²) in [6.45, 7) is 6.06. The molecule has 0 saturated heterocycles. The van der Waals surface area contributed by atoms with Crippen LogP contribution in [0.1, 0.15) is 26.6 Å². The van der Waals surface area contributed by atoms with Gasteiger partial charge >= 0.3 is 0 Å². The predicted octanol–water partition coefficient (Wildman–Crippen LogP) is 1.44. The Labute approximate surface area is 94.9 Å². The Morgan fingerprint density at radius 2 is 2.00 bits per heavy atom. The zero-order valence-electron chi connectivity index (χ0n) is 9.45. The van der Waals surface area contributed by atoms with Gasteiger partial charge in [-0.2, -0.15) is 9.97 Å². The Bertz CT molecular complexity index is 328. The van der Waals surface area contributed by atoms with Gasteiger partial charge in [0.05, 0.1) is 0 Å². The molecule has 1 N–H and O–H groups in total. The Morgan fingerprint density at radius 3 is 2.47 bits per heavy atom. The van der Waals surface area contributed by atoms with E-state index in [1.807, 2.05) is 32.8 Å². The minimum atomic E-state index is 0.234. The number of nitrogens with zero attached hydrogens (tertiary/aromatic N) is 4. The van der Waals surface area contributed by atoms with Gasteiger partial charge in [-0.3, -0.25) is 5.01 Å². The second-order valence-corrected chi connectivity index (χ2v) is 3.70. The highest BCUT2D eigenvalue weighted by molar-refractivity contribution is 6.28. The number of aromatic nitrogens is 3. The van der Waals surface area contributed by atoms with Crippen LogP contribution in [0.15, 0.2) is 0 Å². The van der Waals surface area contributed by atoms with E-state index in [1.165, 1.54) is 0 Å². The molecule has 6 heteroatoms. The smallest absolute Gasteiger partial charge is 0.244 e. The zero-order chi connectivity index (χ0) is 11.4. The van der Waals surface area contributed by atoms with E-state index < -0.39 is 0 Å². The van der Waals surface area contributed by atoms with Gasteiger partial charge in [-0.15, -0.1) is 0 Å². The van der Waals surface area contributed by atoms with E-state index in [1.54, 1.807) is 0 Å². The first-order valence-corrected chi connectivity index (χ1v) is 5.33. The Hall–Kier alpha value is -0.940. The first-order valence-electron chi connectivity index (χ1n) is 4.95. The molecule has 0 aliphatic rings. The second kappa shape index (κ2) is 5.23. The van der Waals surface area contributed by atoms with E-state index in [0.29, 0.717) is 11.8 Å². The molecule has 1 aromatic heterocycles. The fourth-order valence-electron chi connectivity index (χ4n) is 1.23. The summed E-state index contributed by atoms with van der Waals surface area (Å²) in [6, 6.07) is 0.248. The summed E-state index contributed by atoms with van der Waals surface area (Å²) in [7, 11) is 1.82. The summed E-state index contributed by atoms with van der Waals surface area (Å²) >= 11 is 5.82. The molecular weight excluding hydrogens is 214 g/mol. The maximum Gasteiger partial charge on any atom is 0.244 e. The first-order chi connectivity index (χ1) is 7.08. The molecule has 0 spiro atoms. The lowest BCUT2D eigenvalue weighted by molar-refractivity contribution is 0.592. The van der Waals surface area contributed by atoms with Crippen molar-refractivity contribution in [3.63, 3.8) is 0 Å². The van der Waals surface area contributed by atoms with Crippen molar-refractivity contribution in [1.82, 2.24) is 20.4 Å². The van der Waals surface area contributed by atoms with Gasteiger partial charge in [0, 0.05) is 19.5 Å². The fraction of sp³-hybridized carbons (Fsp3) is 0.667. The molecule has 0 unspecified atom stereocenters. The molecule has 15 heavy (non-hydrogen) atoms. The molecule has 0 atom stereocenters. The fourth-order valence-corrected chi connectivity index (χ4v) is 1.41. The van der Waals surface area contributed by atoms with Crippen LogP contribution < -0.4 is 10.4 Å².